The highest BCUT2D eigenvalue weighted by molar-refractivity contribution is 7.23. The number of nitrogens with zero attached hydrogens (tertiary/aromatic N) is 7. The number of carbonyl (C=O) groups excluding carboxylic acids is 2. The van der Waals surface area contributed by atoms with Gasteiger partial charge in [0.15, 0.2) is 17.4 Å². The highest BCUT2D eigenvalue weighted by Crippen LogP contribution is 2.48. The van der Waals surface area contributed by atoms with Crippen molar-refractivity contribution in [3.05, 3.63) is 52.6 Å². The standard InChI is InChI=1S/C39H39F4N9O5S/c1-38(2,3)57-37(54)48-35-22(15-44)25-21(7-8-23(41)32(25)58-35)26-28(42)30-27(31(55-4)29(26)43)34(50-10-6-12-52-20(17-50)13-24(49-52)33(45)53)47-36(46-30)56-18-39-9-5-11-51(39)16-19(40)14-39/h7-8,13,19H,5-6,9-12,14,16-18H2,1-4H3,(H2,45,53)(H,48,54)/t19-,39+/m1/s1. The van der Waals surface area contributed by atoms with E-state index < -0.39 is 63.6 Å². The summed E-state index contributed by atoms with van der Waals surface area (Å²) in [5.74, 6) is -4.29. The number of hydrogen-bond donors (Lipinski definition) is 2. The van der Waals surface area contributed by atoms with Gasteiger partial charge in [0.2, 0.25) is 0 Å². The summed E-state index contributed by atoms with van der Waals surface area (Å²) in [4.78, 5) is 37.7. The SMILES string of the molecule is COc1c(F)c(-c2ccc(F)c3sc(NC(=O)OC(C)(C)C)c(C#N)c23)c(F)c2nc(OC[C@@]34CCCN3C[C@H](F)C4)nc(N3CCCn4nc(C(N)=O)cc4C3)c12. The zero-order valence-electron chi connectivity index (χ0n) is 32.0. The first-order chi connectivity index (χ1) is 27.6. The first-order valence-corrected chi connectivity index (χ1v) is 19.5. The molecule has 0 radical (unpaired) electrons. The molecule has 2 aromatic carbocycles. The van der Waals surface area contributed by atoms with E-state index in [4.69, 9.17) is 24.9 Å². The van der Waals surface area contributed by atoms with Crippen LogP contribution in [0.25, 0.3) is 32.1 Å². The van der Waals surface area contributed by atoms with Gasteiger partial charge < -0.3 is 24.8 Å². The van der Waals surface area contributed by atoms with Gasteiger partial charge >= 0.3 is 12.1 Å². The maximum Gasteiger partial charge on any atom is 0.412 e. The molecular formula is C39H39F4N9O5S. The number of halogens is 4. The molecule has 14 nitrogen and oxygen atoms in total. The molecule has 0 unspecified atom stereocenters. The molecule has 304 valence electrons. The van der Waals surface area contributed by atoms with Crippen molar-refractivity contribution in [2.24, 2.45) is 5.73 Å². The number of thiophene rings is 1. The Bertz CT molecular complexity index is 2550. The summed E-state index contributed by atoms with van der Waals surface area (Å²) in [5, 5.41) is 16.7. The fraction of sp³-hybridized carbons (Fsp3) is 0.436. The molecule has 2 atom stereocenters. The summed E-state index contributed by atoms with van der Waals surface area (Å²) in [6.07, 6.45) is 0.295. The van der Waals surface area contributed by atoms with E-state index in [2.05, 4.69) is 15.4 Å². The third-order valence-electron chi connectivity index (χ3n) is 10.7. The van der Waals surface area contributed by atoms with Crippen LogP contribution in [0.3, 0.4) is 0 Å². The number of nitrogens with one attached hydrogen (secondary N) is 1. The Morgan fingerprint density at radius 1 is 1.12 bits per heavy atom. The van der Waals surface area contributed by atoms with Crippen LogP contribution in [0, 0.1) is 28.8 Å². The molecule has 2 fully saturated rings. The minimum Gasteiger partial charge on any atom is -0.493 e. The highest BCUT2D eigenvalue weighted by atomic mass is 32.1. The molecule has 0 saturated carbocycles. The molecule has 5 aromatic rings. The molecule has 3 aliphatic rings. The predicted octanol–water partition coefficient (Wildman–Crippen LogP) is 6.82. The molecule has 2 saturated heterocycles. The third kappa shape index (κ3) is 6.77. The second-order valence-electron chi connectivity index (χ2n) is 15.7. The van der Waals surface area contributed by atoms with Gasteiger partial charge in [-0.3, -0.25) is 19.7 Å². The first-order valence-electron chi connectivity index (χ1n) is 18.7. The Balaban J connectivity index is 1.32. The van der Waals surface area contributed by atoms with Crippen molar-refractivity contribution >= 4 is 55.1 Å². The number of primary amides is 1. The number of carbonyl (C=O) groups is 2. The van der Waals surface area contributed by atoms with Gasteiger partial charge in [0, 0.05) is 31.4 Å². The van der Waals surface area contributed by atoms with Crippen LogP contribution in [-0.4, -0.2) is 87.3 Å². The lowest BCUT2D eigenvalue weighted by Gasteiger charge is -2.31. The summed E-state index contributed by atoms with van der Waals surface area (Å²) < 4.78 is 83.6. The Morgan fingerprint density at radius 2 is 1.91 bits per heavy atom. The van der Waals surface area contributed by atoms with Crippen molar-refractivity contribution in [3.63, 3.8) is 0 Å². The molecule has 0 aliphatic carbocycles. The highest BCUT2D eigenvalue weighted by Gasteiger charge is 2.49. The second-order valence-corrected chi connectivity index (χ2v) is 16.7. The quantitative estimate of drug-likeness (QED) is 0.157. The minimum absolute atomic E-state index is 0.00631. The van der Waals surface area contributed by atoms with E-state index in [1.54, 1.807) is 36.4 Å². The second kappa shape index (κ2) is 14.6. The first kappa shape index (κ1) is 39.1. The molecule has 3 aromatic heterocycles. The van der Waals surface area contributed by atoms with Gasteiger partial charge in [0.25, 0.3) is 5.91 Å². The average Bonchev–Trinajstić information content (AvgIpc) is 3.89. The van der Waals surface area contributed by atoms with E-state index in [-0.39, 0.29) is 75.2 Å². The van der Waals surface area contributed by atoms with E-state index in [0.29, 0.717) is 49.5 Å². The van der Waals surface area contributed by atoms with E-state index in [1.165, 1.54) is 7.11 Å². The number of alkyl halides is 1. The topological polar surface area (TPSA) is 174 Å². The number of aryl methyl sites for hydroxylation is 1. The fourth-order valence-corrected chi connectivity index (χ4v) is 9.41. The fourth-order valence-electron chi connectivity index (χ4n) is 8.34. The van der Waals surface area contributed by atoms with Crippen LogP contribution in [0.4, 0.5) is 33.2 Å². The lowest BCUT2D eigenvalue weighted by molar-refractivity contribution is 0.0636. The van der Waals surface area contributed by atoms with Crippen LogP contribution in [0.15, 0.2) is 18.2 Å². The van der Waals surface area contributed by atoms with E-state index in [1.807, 2.05) is 11.0 Å². The van der Waals surface area contributed by atoms with E-state index >= 15 is 13.2 Å². The number of aromatic nitrogens is 4. The van der Waals surface area contributed by atoms with Crippen molar-refractivity contribution in [1.29, 1.82) is 5.26 Å². The molecule has 8 rings (SSSR count). The number of hydrogen-bond acceptors (Lipinski definition) is 12. The third-order valence-corrected chi connectivity index (χ3v) is 11.8. The lowest BCUT2D eigenvalue weighted by atomic mass is 9.95. The molecular weight excluding hydrogens is 783 g/mol. The maximum absolute atomic E-state index is 17.5. The zero-order chi connectivity index (χ0) is 41.3. The molecule has 2 amide bonds. The van der Waals surface area contributed by atoms with Crippen molar-refractivity contribution in [2.75, 3.05) is 43.6 Å². The van der Waals surface area contributed by atoms with Crippen molar-refractivity contribution in [2.45, 2.75) is 76.9 Å². The number of benzene rings is 2. The number of amides is 2. The smallest absolute Gasteiger partial charge is 0.412 e. The summed E-state index contributed by atoms with van der Waals surface area (Å²) in [7, 11) is 1.19. The number of nitrogens with two attached hydrogens (primary N) is 1. The lowest BCUT2D eigenvalue weighted by Crippen LogP contribution is -2.43. The van der Waals surface area contributed by atoms with Crippen molar-refractivity contribution < 1.29 is 41.4 Å². The summed E-state index contributed by atoms with van der Waals surface area (Å²) in [6, 6.07) is 5.38. The average molecular weight is 822 g/mol. The number of nitriles is 1. The predicted molar refractivity (Wildman–Crippen MR) is 206 cm³/mol. The Morgan fingerprint density at radius 3 is 2.64 bits per heavy atom. The summed E-state index contributed by atoms with van der Waals surface area (Å²) >= 11 is 0.708. The molecule has 0 spiro atoms. The minimum atomic E-state index is -1.19. The number of methoxy groups -OCH3 is 1. The zero-order valence-corrected chi connectivity index (χ0v) is 32.9. The molecule has 3 aliphatic heterocycles. The van der Waals surface area contributed by atoms with Gasteiger partial charge in [-0.2, -0.15) is 20.3 Å². The normalized spacial score (nSPS) is 19.5. The molecule has 58 heavy (non-hydrogen) atoms. The van der Waals surface area contributed by atoms with Crippen LogP contribution in [0.2, 0.25) is 0 Å². The number of ether oxygens (including phenoxy) is 3. The van der Waals surface area contributed by atoms with Crippen LogP contribution >= 0.6 is 11.3 Å². The van der Waals surface area contributed by atoms with Gasteiger partial charge in [-0.15, -0.1) is 11.3 Å². The number of anilines is 2. The molecule has 6 heterocycles. The Labute approximate surface area is 333 Å². The monoisotopic (exact) mass is 821 g/mol. The van der Waals surface area contributed by atoms with Gasteiger partial charge in [0.1, 0.15) is 52.3 Å². The molecule has 19 heteroatoms. The van der Waals surface area contributed by atoms with Gasteiger partial charge in [-0.05, 0) is 64.3 Å². The summed E-state index contributed by atoms with van der Waals surface area (Å²) in [6.45, 7) is 6.72. The van der Waals surface area contributed by atoms with Crippen LogP contribution in [-0.2, 0) is 17.8 Å². The van der Waals surface area contributed by atoms with E-state index in [9.17, 15) is 19.2 Å². The van der Waals surface area contributed by atoms with Crippen LogP contribution < -0.4 is 25.4 Å². The van der Waals surface area contributed by atoms with Gasteiger partial charge in [-0.25, -0.2) is 22.4 Å². The molecule has 3 N–H and O–H groups in total. The van der Waals surface area contributed by atoms with E-state index in [0.717, 1.165) is 18.6 Å². The summed E-state index contributed by atoms with van der Waals surface area (Å²) in [5.41, 5.74) is 3.11. The Kier molecular flexibility index (Phi) is 9.83. The van der Waals surface area contributed by atoms with Crippen LogP contribution in [0.1, 0.15) is 68.2 Å². The largest absolute Gasteiger partial charge is 0.493 e. The Hall–Kier alpha value is -5.74. The molecule has 0 bridgehead atoms. The maximum atomic E-state index is 17.5. The number of fused-ring (bicyclic) bond motifs is 4. The van der Waals surface area contributed by atoms with Gasteiger partial charge in [-0.1, -0.05) is 6.07 Å². The van der Waals surface area contributed by atoms with Crippen molar-refractivity contribution in [1.82, 2.24) is 24.6 Å². The van der Waals surface area contributed by atoms with Crippen LogP contribution in [0.5, 0.6) is 11.8 Å². The number of rotatable bonds is 8. The van der Waals surface area contributed by atoms with Crippen molar-refractivity contribution in [3.8, 4) is 29.0 Å². The van der Waals surface area contributed by atoms with Gasteiger partial charge in [0.05, 0.1) is 46.1 Å².